The first kappa shape index (κ1) is 14.3. The molecule has 3 heterocycles. The highest BCUT2D eigenvalue weighted by molar-refractivity contribution is 5.48. The van der Waals surface area contributed by atoms with Crippen molar-refractivity contribution in [2.75, 3.05) is 11.9 Å². The second kappa shape index (κ2) is 6.89. The Labute approximate surface area is 129 Å². The van der Waals surface area contributed by atoms with Crippen molar-refractivity contribution in [3.63, 3.8) is 0 Å². The molecule has 0 bridgehead atoms. The third kappa shape index (κ3) is 3.33. The molecule has 0 amide bonds. The third-order valence-electron chi connectivity index (χ3n) is 3.29. The first-order valence-electron chi connectivity index (χ1n) is 7.46. The van der Waals surface area contributed by atoms with Crippen LogP contribution in [0.4, 0.5) is 5.82 Å². The molecular formula is C16H19N5O. The van der Waals surface area contributed by atoms with Crippen LogP contribution < -0.4 is 10.1 Å². The molecule has 6 heteroatoms. The molecule has 1 N–H and O–H groups in total. The number of hydrogen-bond acceptors (Lipinski definition) is 5. The van der Waals surface area contributed by atoms with Crippen molar-refractivity contribution < 1.29 is 4.74 Å². The fourth-order valence-electron chi connectivity index (χ4n) is 2.15. The van der Waals surface area contributed by atoms with Crippen molar-refractivity contribution in [2.24, 2.45) is 0 Å². The summed E-state index contributed by atoms with van der Waals surface area (Å²) in [5.41, 5.74) is 1.78. The summed E-state index contributed by atoms with van der Waals surface area (Å²) in [5.74, 6) is 1.38. The summed E-state index contributed by atoms with van der Waals surface area (Å²) in [6.07, 6.45) is 9.35. The first-order valence-corrected chi connectivity index (χ1v) is 7.46. The highest BCUT2D eigenvalue weighted by atomic mass is 16.5. The van der Waals surface area contributed by atoms with Gasteiger partial charge in [-0.2, -0.15) is 0 Å². The van der Waals surface area contributed by atoms with E-state index in [-0.39, 0.29) is 0 Å². The Morgan fingerprint density at radius 3 is 3.14 bits per heavy atom. The molecule has 3 rings (SSSR count). The zero-order valence-electron chi connectivity index (χ0n) is 12.6. The molecule has 0 saturated heterocycles. The molecule has 0 aliphatic heterocycles. The van der Waals surface area contributed by atoms with Gasteiger partial charge in [0.05, 0.1) is 11.9 Å². The summed E-state index contributed by atoms with van der Waals surface area (Å²) < 4.78 is 7.79. The van der Waals surface area contributed by atoms with E-state index < -0.39 is 0 Å². The molecular weight excluding hydrogens is 278 g/mol. The highest BCUT2D eigenvalue weighted by Gasteiger charge is 2.07. The minimum absolute atomic E-state index is 0.386. The maximum Gasteiger partial charge on any atom is 0.180 e. The van der Waals surface area contributed by atoms with Gasteiger partial charge in [0, 0.05) is 18.9 Å². The minimum Gasteiger partial charge on any atom is -0.482 e. The van der Waals surface area contributed by atoms with Crippen LogP contribution in [0.15, 0.2) is 43.1 Å². The minimum atomic E-state index is 0.386. The van der Waals surface area contributed by atoms with E-state index >= 15 is 0 Å². The zero-order valence-corrected chi connectivity index (χ0v) is 12.6. The van der Waals surface area contributed by atoms with E-state index in [4.69, 9.17) is 4.74 Å². The van der Waals surface area contributed by atoms with Crippen LogP contribution in [0.25, 0.3) is 5.65 Å². The van der Waals surface area contributed by atoms with Crippen molar-refractivity contribution >= 4 is 11.5 Å². The molecule has 22 heavy (non-hydrogen) atoms. The smallest absolute Gasteiger partial charge is 0.180 e. The topological polar surface area (TPSA) is 64.3 Å². The Hall–Kier alpha value is -2.63. The maximum absolute atomic E-state index is 5.82. The normalized spacial score (nSPS) is 10.8. The number of imidazole rings is 1. The van der Waals surface area contributed by atoms with Gasteiger partial charge in [-0.1, -0.05) is 19.4 Å². The number of aromatic nitrogens is 4. The van der Waals surface area contributed by atoms with Crippen LogP contribution in [0, 0.1) is 0 Å². The van der Waals surface area contributed by atoms with Gasteiger partial charge in [-0.3, -0.25) is 0 Å². The second-order valence-corrected chi connectivity index (χ2v) is 5.00. The SMILES string of the molecule is CCCCNc1ncncc1OCc1cn2ccccc2n1. The van der Waals surface area contributed by atoms with Crippen molar-refractivity contribution in [1.29, 1.82) is 0 Å². The molecule has 0 spiro atoms. The Morgan fingerprint density at radius 1 is 1.32 bits per heavy atom. The largest absolute Gasteiger partial charge is 0.482 e. The van der Waals surface area contributed by atoms with E-state index in [1.807, 2.05) is 35.0 Å². The number of rotatable bonds is 7. The monoisotopic (exact) mass is 297 g/mol. The summed E-state index contributed by atoms with van der Waals surface area (Å²) in [5, 5.41) is 3.28. The van der Waals surface area contributed by atoms with Gasteiger partial charge in [-0.25, -0.2) is 15.0 Å². The lowest BCUT2D eigenvalue weighted by molar-refractivity contribution is 0.301. The van der Waals surface area contributed by atoms with Gasteiger partial charge in [0.1, 0.15) is 18.6 Å². The van der Waals surface area contributed by atoms with Gasteiger partial charge in [0.2, 0.25) is 0 Å². The molecule has 3 aromatic heterocycles. The Kier molecular flexibility index (Phi) is 4.48. The van der Waals surface area contributed by atoms with Crippen molar-refractivity contribution in [3.8, 4) is 5.75 Å². The molecule has 3 aromatic rings. The van der Waals surface area contributed by atoms with Crippen LogP contribution >= 0.6 is 0 Å². The number of ether oxygens (including phenoxy) is 1. The van der Waals surface area contributed by atoms with Crippen LogP contribution in [0.1, 0.15) is 25.5 Å². The van der Waals surface area contributed by atoms with E-state index in [9.17, 15) is 0 Å². The average molecular weight is 297 g/mol. The van der Waals surface area contributed by atoms with Crippen molar-refractivity contribution in [1.82, 2.24) is 19.4 Å². The number of fused-ring (bicyclic) bond motifs is 1. The number of pyridine rings is 1. The Bertz CT molecular complexity index is 707. The van der Waals surface area contributed by atoms with Crippen LogP contribution in [0.3, 0.4) is 0 Å². The predicted molar refractivity (Wildman–Crippen MR) is 85.0 cm³/mol. The summed E-state index contributed by atoms with van der Waals surface area (Å²) >= 11 is 0. The number of hydrogen-bond donors (Lipinski definition) is 1. The highest BCUT2D eigenvalue weighted by Crippen LogP contribution is 2.21. The van der Waals surface area contributed by atoms with Crippen LogP contribution in [-0.4, -0.2) is 25.9 Å². The fourth-order valence-corrected chi connectivity index (χ4v) is 2.15. The van der Waals surface area contributed by atoms with Gasteiger partial charge in [0.25, 0.3) is 0 Å². The van der Waals surface area contributed by atoms with Crippen molar-refractivity contribution in [3.05, 3.63) is 48.8 Å². The van der Waals surface area contributed by atoms with Gasteiger partial charge in [0.15, 0.2) is 11.6 Å². The van der Waals surface area contributed by atoms with Crippen LogP contribution in [0.5, 0.6) is 5.75 Å². The molecule has 0 aliphatic rings. The van der Waals surface area contributed by atoms with Gasteiger partial charge in [-0.05, 0) is 18.6 Å². The molecule has 0 radical (unpaired) electrons. The van der Waals surface area contributed by atoms with E-state index in [2.05, 4.69) is 27.2 Å². The number of unbranched alkanes of at least 4 members (excludes halogenated alkanes) is 1. The molecule has 0 saturated carbocycles. The summed E-state index contributed by atoms with van der Waals surface area (Å²) in [7, 11) is 0. The van der Waals surface area contributed by atoms with Crippen LogP contribution in [-0.2, 0) is 6.61 Å². The number of nitrogens with one attached hydrogen (secondary N) is 1. The molecule has 0 aromatic carbocycles. The molecule has 0 fully saturated rings. The average Bonchev–Trinajstić information content (AvgIpc) is 2.97. The van der Waals surface area contributed by atoms with E-state index in [0.29, 0.717) is 12.4 Å². The van der Waals surface area contributed by atoms with Gasteiger partial charge >= 0.3 is 0 Å². The van der Waals surface area contributed by atoms with Gasteiger partial charge in [-0.15, -0.1) is 0 Å². The lowest BCUT2D eigenvalue weighted by atomic mass is 10.3. The first-order chi connectivity index (χ1) is 10.9. The zero-order chi connectivity index (χ0) is 15.2. The van der Waals surface area contributed by atoms with Gasteiger partial charge < -0.3 is 14.5 Å². The molecule has 6 nitrogen and oxygen atoms in total. The van der Waals surface area contributed by atoms with E-state index in [0.717, 1.165) is 36.5 Å². The Morgan fingerprint density at radius 2 is 2.27 bits per heavy atom. The van der Waals surface area contributed by atoms with E-state index in [1.165, 1.54) is 6.33 Å². The van der Waals surface area contributed by atoms with Crippen molar-refractivity contribution in [2.45, 2.75) is 26.4 Å². The number of nitrogens with zero attached hydrogens (tertiary/aromatic N) is 4. The number of anilines is 1. The summed E-state index contributed by atoms with van der Waals surface area (Å²) in [6, 6.07) is 5.90. The molecule has 114 valence electrons. The fraction of sp³-hybridized carbons (Fsp3) is 0.312. The lowest BCUT2D eigenvalue weighted by Crippen LogP contribution is -2.06. The predicted octanol–water partition coefficient (Wildman–Crippen LogP) is 2.92. The third-order valence-corrected chi connectivity index (χ3v) is 3.29. The van der Waals surface area contributed by atoms with Crippen LogP contribution in [0.2, 0.25) is 0 Å². The standard InChI is InChI=1S/C16H19N5O/c1-2-3-7-18-16-14(9-17-12-19-16)22-11-13-10-21-8-5-4-6-15(21)20-13/h4-6,8-10,12H,2-3,7,11H2,1H3,(H,17,18,19). The lowest BCUT2D eigenvalue weighted by Gasteiger charge is -2.10. The second-order valence-electron chi connectivity index (χ2n) is 5.00. The molecule has 0 atom stereocenters. The Balaban J connectivity index is 1.67. The van der Waals surface area contributed by atoms with E-state index in [1.54, 1.807) is 6.20 Å². The maximum atomic E-state index is 5.82. The molecule has 0 aliphatic carbocycles. The quantitative estimate of drug-likeness (QED) is 0.679. The summed E-state index contributed by atoms with van der Waals surface area (Å²) in [6.45, 7) is 3.41. The molecule has 0 unspecified atom stereocenters. The summed E-state index contributed by atoms with van der Waals surface area (Å²) in [4.78, 5) is 12.8.